The maximum Gasteiger partial charge on any atom is 0.347 e. The van der Waals surface area contributed by atoms with E-state index in [1.165, 1.54) is 29.1 Å². The number of aromatic nitrogens is 2. The third-order valence-electron chi connectivity index (χ3n) is 2.58. The Kier molecular flexibility index (Phi) is 3.37. The van der Waals surface area contributed by atoms with Gasteiger partial charge in [-0.2, -0.15) is 4.39 Å². The lowest BCUT2D eigenvalue weighted by Gasteiger charge is -2.07. The predicted molar refractivity (Wildman–Crippen MR) is 65.4 cm³/mol. The molecule has 19 heavy (non-hydrogen) atoms. The second kappa shape index (κ2) is 4.97. The Hall–Kier alpha value is -2.57. The van der Waals surface area contributed by atoms with Crippen molar-refractivity contribution in [2.24, 2.45) is 0 Å². The van der Waals surface area contributed by atoms with Crippen LogP contribution in [0.2, 0.25) is 0 Å². The summed E-state index contributed by atoms with van der Waals surface area (Å²) in [6.45, 7) is 1.65. The molecule has 7 heteroatoms. The molecule has 0 bridgehead atoms. The molecule has 0 unspecified atom stereocenters. The van der Waals surface area contributed by atoms with Crippen molar-refractivity contribution in [2.45, 2.75) is 13.5 Å². The maximum absolute atomic E-state index is 13.9. The molecule has 0 aliphatic rings. The van der Waals surface area contributed by atoms with E-state index in [1.807, 2.05) is 0 Å². The second-order valence-electron chi connectivity index (χ2n) is 4.05. The summed E-state index contributed by atoms with van der Waals surface area (Å²) in [6.07, 6.45) is 2.93. The van der Waals surface area contributed by atoms with Crippen molar-refractivity contribution in [3.63, 3.8) is 0 Å². The van der Waals surface area contributed by atoms with E-state index in [9.17, 15) is 19.3 Å². The van der Waals surface area contributed by atoms with Gasteiger partial charge in [-0.1, -0.05) is 12.1 Å². The van der Waals surface area contributed by atoms with Crippen molar-refractivity contribution in [1.29, 1.82) is 0 Å². The fraction of sp³-hybridized carbons (Fsp3) is 0.167. The lowest BCUT2D eigenvalue weighted by Crippen LogP contribution is -2.23. The van der Waals surface area contributed by atoms with E-state index in [-0.39, 0.29) is 12.1 Å². The number of rotatable bonds is 3. The quantitative estimate of drug-likeness (QED) is 0.623. The van der Waals surface area contributed by atoms with Gasteiger partial charge >= 0.3 is 11.4 Å². The summed E-state index contributed by atoms with van der Waals surface area (Å²) in [7, 11) is 0. The van der Waals surface area contributed by atoms with E-state index >= 15 is 0 Å². The third-order valence-corrected chi connectivity index (χ3v) is 2.58. The van der Waals surface area contributed by atoms with E-state index in [2.05, 4.69) is 4.98 Å². The van der Waals surface area contributed by atoms with Crippen molar-refractivity contribution >= 4 is 5.69 Å². The molecule has 98 valence electrons. The van der Waals surface area contributed by atoms with Crippen LogP contribution in [0.4, 0.5) is 10.1 Å². The van der Waals surface area contributed by atoms with Crippen LogP contribution in [0.1, 0.15) is 11.1 Å². The number of nitro groups is 1. The fourth-order valence-corrected chi connectivity index (χ4v) is 1.69. The van der Waals surface area contributed by atoms with Crippen LogP contribution in [0.25, 0.3) is 0 Å². The van der Waals surface area contributed by atoms with Gasteiger partial charge in [0, 0.05) is 24.0 Å². The van der Waals surface area contributed by atoms with Crippen molar-refractivity contribution < 1.29 is 9.31 Å². The molecule has 0 amide bonds. The lowest BCUT2D eigenvalue weighted by atomic mass is 10.2. The highest BCUT2D eigenvalue weighted by atomic mass is 19.1. The Balaban J connectivity index is 2.44. The molecular weight excluding hydrogens is 253 g/mol. The number of hydrogen-bond donors (Lipinski definition) is 0. The van der Waals surface area contributed by atoms with Crippen molar-refractivity contribution in [2.75, 3.05) is 0 Å². The summed E-state index contributed by atoms with van der Waals surface area (Å²) in [5.74, 6) is -0.930. The van der Waals surface area contributed by atoms with Gasteiger partial charge in [0.25, 0.3) is 0 Å². The molecule has 6 nitrogen and oxygen atoms in total. The highest BCUT2D eigenvalue weighted by Gasteiger charge is 2.17. The van der Waals surface area contributed by atoms with E-state index in [0.717, 1.165) is 11.6 Å². The molecule has 0 aliphatic carbocycles. The monoisotopic (exact) mass is 263 g/mol. The van der Waals surface area contributed by atoms with Crippen LogP contribution in [-0.2, 0) is 6.54 Å². The van der Waals surface area contributed by atoms with Crippen molar-refractivity contribution in [3.05, 3.63) is 68.1 Å². The zero-order valence-corrected chi connectivity index (χ0v) is 10.0. The van der Waals surface area contributed by atoms with E-state index < -0.39 is 22.1 Å². The molecule has 1 heterocycles. The smallest absolute Gasteiger partial charge is 0.294 e. The van der Waals surface area contributed by atoms with Crippen LogP contribution in [0.15, 0.2) is 35.4 Å². The van der Waals surface area contributed by atoms with Gasteiger partial charge in [0.15, 0.2) is 0 Å². The maximum atomic E-state index is 13.9. The molecule has 0 saturated heterocycles. The van der Waals surface area contributed by atoms with Gasteiger partial charge in [0.05, 0.1) is 11.5 Å². The van der Waals surface area contributed by atoms with E-state index in [4.69, 9.17) is 0 Å². The number of hydrogen-bond acceptors (Lipinski definition) is 4. The first-order valence-corrected chi connectivity index (χ1v) is 5.44. The fourth-order valence-electron chi connectivity index (χ4n) is 1.69. The molecule has 0 atom stereocenters. The van der Waals surface area contributed by atoms with Gasteiger partial charge in [0.2, 0.25) is 5.82 Å². The molecule has 2 rings (SSSR count). The molecule has 1 aromatic heterocycles. The summed E-state index contributed by atoms with van der Waals surface area (Å²) < 4.78 is 15.1. The number of nitrogens with zero attached hydrogens (tertiary/aromatic N) is 3. The number of nitro benzene ring substituents is 1. The van der Waals surface area contributed by atoms with Crippen LogP contribution in [0, 0.1) is 22.9 Å². The molecule has 0 spiro atoms. The molecule has 0 radical (unpaired) electrons. The predicted octanol–water partition coefficient (Wildman–Crippen LogP) is 1.65. The number of benzene rings is 1. The minimum Gasteiger partial charge on any atom is -0.294 e. The largest absolute Gasteiger partial charge is 0.347 e. The third kappa shape index (κ3) is 2.65. The Morgan fingerprint density at radius 2 is 2.21 bits per heavy atom. The normalized spacial score (nSPS) is 10.4. The average molecular weight is 263 g/mol. The zero-order chi connectivity index (χ0) is 14.0. The summed E-state index contributed by atoms with van der Waals surface area (Å²) in [5, 5.41) is 10.6. The van der Waals surface area contributed by atoms with Crippen molar-refractivity contribution in [1.82, 2.24) is 9.55 Å². The number of aryl methyl sites for hydroxylation is 1. The number of halogens is 1. The molecular formula is C12H10FN3O3. The van der Waals surface area contributed by atoms with E-state index in [1.54, 1.807) is 6.92 Å². The van der Waals surface area contributed by atoms with Gasteiger partial charge in [-0.25, -0.2) is 9.78 Å². The topological polar surface area (TPSA) is 78.0 Å². The van der Waals surface area contributed by atoms with Crippen LogP contribution >= 0.6 is 0 Å². The van der Waals surface area contributed by atoms with Crippen LogP contribution < -0.4 is 5.69 Å². The first-order chi connectivity index (χ1) is 8.99. The standard InChI is InChI=1S/C12H10FN3O3/c1-8-5-14-12(17)15(6-8)7-9-3-2-4-10(11(9)13)16(18)19/h2-6H,7H2,1H3. The minimum atomic E-state index is -0.930. The lowest BCUT2D eigenvalue weighted by molar-refractivity contribution is -0.387. The molecule has 0 N–H and O–H groups in total. The summed E-state index contributed by atoms with van der Waals surface area (Å²) in [5.41, 5.74) is -0.322. The van der Waals surface area contributed by atoms with Gasteiger partial charge < -0.3 is 0 Å². The molecule has 0 saturated carbocycles. The summed E-state index contributed by atoms with van der Waals surface area (Å²) in [4.78, 5) is 25.0. The zero-order valence-electron chi connectivity index (χ0n) is 10.0. The Morgan fingerprint density at radius 3 is 2.89 bits per heavy atom. The van der Waals surface area contributed by atoms with Crippen molar-refractivity contribution in [3.8, 4) is 0 Å². The SMILES string of the molecule is Cc1cnc(=O)n(Cc2cccc([N+](=O)[O-])c2F)c1. The second-order valence-corrected chi connectivity index (χ2v) is 4.05. The Morgan fingerprint density at radius 1 is 1.47 bits per heavy atom. The Bertz CT molecular complexity index is 697. The minimum absolute atomic E-state index is 0.0729. The molecule has 0 aliphatic heterocycles. The highest BCUT2D eigenvalue weighted by molar-refractivity contribution is 5.36. The van der Waals surface area contributed by atoms with E-state index in [0.29, 0.717) is 0 Å². The van der Waals surface area contributed by atoms with Gasteiger partial charge in [-0.05, 0) is 12.5 Å². The van der Waals surface area contributed by atoms with Gasteiger partial charge in [-0.15, -0.1) is 0 Å². The average Bonchev–Trinajstić information content (AvgIpc) is 2.36. The summed E-state index contributed by atoms with van der Waals surface area (Å²) >= 11 is 0. The van der Waals surface area contributed by atoms with Crippen LogP contribution in [0.3, 0.4) is 0 Å². The Labute approximate surface area is 107 Å². The molecule has 1 aromatic carbocycles. The molecule has 2 aromatic rings. The van der Waals surface area contributed by atoms with Gasteiger partial charge in [-0.3, -0.25) is 14.7 Å². The van der Waals surface area contributed by atoms with Gasteiger partial charge in [0.1, 0.15) is 0 Å². The van der Waals surface area contributed by atoms with Crippen LogP contribution in [-0.4, -0.2) is 14.5 Å². The molecule has 0 fully saturated rings. The first-order valence-electron chi connectivity index (χ1n) is 5.44. The summed E-state index contributed by atoms with van der Waals surface area (Å²) in [6, 6.07) is 3.86. The van der Waals surface area contributed by atoms with Crippen LogP contribution in [0.5, 0.6) is 0 Å². The first kappa shape index (κ1) is 12.9. The highest BCUT2D eigenvalue weighted by Crippen LogP contribution is 2.20.